The maximum atomic E-state index is 12.7. The second-order valence-electron chi connectivity index (χ2n) is 9.12. The van der Waals surface area contributed by atoms with Gasteiger partial charge in [0.05, 0.1) is 23.4 Å². The Balaban J connectivity index is 1.50. The summed E-state index contributed by atoms with van der Waals surface area (Å²) in [5, 5.41) is 8.16. The number of hydrogen-bond acceptors (Lipinski definition) is 8. The van der Waals surface area contributed by atoms with E-state index >= 15 is 0 Å². The van der Waals surface area contributed by atoms with Crippen molar-refractivity contribution >= 4 is 42.1 Å². The number of para-hydroxylation sites is 1. The molecule has 1 aromatic heterocycles. The number of hydrogen-bond donors (Lipinski definition) is 5. The fraction of sp³-hybridized carbons (Fsp3) is 0.250. The summed E-state index contributed by atoms with van der Waals surface area (Å²) in [6.07, 6.45) is 0. The summed E-state index contributed by atoms with van der Waals surface area (Å²) in [6, 6.07) is 20.2. The monoisotopic (exact) mass is 533 g/mol. The lowest BCUT2D eigenvalue weighted by Crippen LogP contribution is -2.35. The Bertz CT molecular complexity index is 1490. The number of aromatic nitrogens is 1. The largest absolute Gasteiger partial charge is 0.465 e. The molecule has 2 aliphatic heterocycles. The number of fused-ring (bicyclic) bond motifs is 4. The summed E-state index contributed by atoms with van der Waals surface area (Å²) in [5.74, 6) is 1.15. The van der Waals surface area contributed by atoms with Crippen LogP contribution in [0.2, 0.25) is 0 Å². The van der Waals surface area contributed by atoms with Crippen LogP contribution in [0.15, 0.2) is 60.7 Å². The van der Waals surface area contributed by atoms with Gasteiger partial charge in [0.15, 0.2) is 11.5 Å². The van der Waals surface area contributed by atoms with Crippen LogP contribution < -0.4 is 20.1 Å². The zero-order valence-electron chi connectivity index (χ0n) is 20.2. The number of H-pyrrole nitrogens is 1. The summed E-state index contributed by atoms with van der Waals surface area (Å²) >= 11 is 8.72. The van der Waals surface area contributed by atoms with Gasteiger partial charge in [-0.15, -0.1) is 25.3 Å². The molecule has 4 aromatic rings. The molecule has 0 saturated carbocycles. The van der Waals surface area contributed by atoms with Gasteiger partial charge in [0.25, 0.3) is 0 Å². The van der Waals surface area contributed by atoms with E-state index in [9.17, 15) is 4.79 Å². The molecule has 0 aliphatic carbocycles. The van der Waals surface area contributed by atoms with Crippen molar-refractivity contribution < 1.29 is 19.0 Å². The van der Waals surface area contributed by atoms with Crippen LogP contribution in [0.25, 0.3) is 10.9 Å². The van der Waals surface area contributed by atoms with Crippen molar-refractivity contribution in [2.75, 3.05) is 20.4 Å². The first-order valence-electron chi connectivity index (χ1n) is 12.1. The summed E-state index contributed by atoms with van der Waals surface area (Å²) in [5.41, 5.74) is 6.95. The summed E-state index contributed by atoms with van der Waals surface area (Å²) in [6.45, 7) is 1.35. The molecular formula is C28H27N3O4S2. The van der Waals surface area contributed by atoms with Gasteiger partial charge >= 0.3 is 5.97 Å². The van der Waals surface area contributed by atoms with E-state index in [-0.39, 0.29) is 29.4 Å². The van der Waals surface area contributed by atoms with Gasteiger partial charge < -0.3 is 24.5 Å². The topological polar surface area (TPSA) is 84.6 Å². The van der Waals surface area contributed by atoms with Crippen LogP contribution in [0.5, 0.6) is 11.5 Å². The quantitative estimate of drug-likeness (QED) is 0.140. The molecule has 2 aliphatic rings. The lowest BCUT2D eigenvalue weighted by molar-refractivity contribution is 0.0599. The molecule has 3 heterocycles. The molecule has 1 unspecified atom stereocenters. The van der Waals surface area contributed by atoms with Crippen molar-refractivity contribution in [3.8, 4) is 11.5 Å². The first kappa shape index (κ1) is 24.2. The van der Waals surface area contributed by atoms with Crippen molar-refractivity contribution in [1.29, 1.82) is 0 Å². The number of carbonyl (C=O) groups is 1. The standard InChI is InChI=1S/C28H27N3O4S2/c1-33-27(32)17-7-4-6-16(19(17)12-30-28(36)37)20-13-29-25(15-9-10-22-23(11-15)35-14-34-22)26-24(20)18-5-2-3-8-21(18)31-26/h2-11,20,25,28-31,36-37H,12-14H2,1H3/t20?,25-/m1/s1. The molecule has 0 fully saturated rings. The van der Waals surface area contributed by atoms with Crippen LogP contribution >= 0.6 is 25.3 Å². The van der Waals surface area contributed by atoms with Crippen LogP contribution in [-0.4, -0.2) is 36.1 Å². The normalized spacial score (nSPS) is 18.3. The number of rotatable bonds is 6. The van der Waals surface area contributed by atoms with Crippen LogP contribution in [0.3, 0.4) is 0 Å². The molecule has 3 aromatic carbocycles. The van der Waals surface area contributed by atoms with Gasteiger partial charge in [0, 0.05) is 35.6 Å². The van der Waals surface area contributed by atoms with E-state index in [0.29, 0.717) is 18.7 Å². The molecule has 6 rings (SSSR count). The average Bonchev–Trinajstić information content (AvgIpc) is 3.55. The number of ether oxygens (including phenoxy) is 3. The van der Waals surface area contributed by atoms with Crippen molar-refractivity contribution in [3.05, 3.63) is 94.2 Å². The van der Waals surface area contributed by atoms with Gasteiger partial charge in [-0.2, -0.15) is 0 Å². The van der Waals surface area contributed by atoms with Gasteiger partial charge in [-0.1, -0.05) is 36.4 Å². The van der Waals surface area contributed by atoms with E-state index in [1.807, 2.05) is 24.3 Å². The maximum absolute atomic E-state index is 12.7. The van der Waals surface area contributed by atoms with Crippen molar-refractivity contribution in [2.45, 2.75) is 23.2 Å². The minimum atomic E-state index is -0.366. The van der Waals surface area contributed by atoms with Crippen LogP contribution in [0.4, 0.5) is 0 Å². The van der Waals surface area contributed by atoms with Crippen molar-refractivity contribution in [3.63, 3.8) is 0 Å². The molecular weight excluding hydrogens is 506 g/mol. The molecule has 37 heavy (non-hydrogen) atoms. The summed E-state index contributed by atoms with van der Waals surface area (Å²) < 4.78 is 16.0. The average molecular weight is 534 g/mol. The highest BCUT2D eigenvalue weighted by Gasteiger charge is 2.34. The predicted molar refractivity (Wildman–Crippen MR) is 149 cm³/mol. The van der Waals surface area contributed by atoms with E-state index in [2.05, 4.69) is 71.2 Å². The Morgan fingerprint density at radius 2 is 1.95 bits per heavy atom. The van der Waals surface area contributed by atoms with Gasteiger partial charge in [-0.05, 0) is 46.5 Å². The molecule has 0 bridgehead atoms. The fourth-order valence-electron chi connectivity index (χ4n) is 5.49. The van der Waals surface area contributed by atoms with E-state index in [0.717, 1.165) is 39.4 Å². The third-order valence-corrected chi connectivity index (χ3v) is 7.49. The molecule has 9 heteroatoms. The SMILES string of the molecule is COC(=O)c1cccc(C2CN[C@H](c3ccc4c(c3)OCO4)c3[nH]c4ccccc4c32)c1CNC(S)S. The Morgan fingerprint density at radius 1 is 1.11 bits per heavy atom. The molecule has 0 saturated heterocycles. The van der Waals surface area contributed by atoms with Crippen LogP contribution in [0, 0.1) is 0 Å². The maximum Gasteiger partial charge on any atom is 0.338 e. The minimum Gasteiger partial charge on any atom is -0.465 e. The number of esters is 1. The van der Waals surface area contributed by atoms with Crippen LogP contribution in [0.1, 0.15) is 50.3 Å². The molecule has 7 nitrogen and oxygen atoms in total. The first-order valence-corrected chi connectivity index (χ1v) is 13.1. The molecule has 3 N–H and O–H groups in total. The number of methoxy groups -OCH3 is 1. The Morgan fingerprint density at radius 3 is 2.78 bits per heavy atom. The van der Waals surface area contributed by atoms with Gasteiger partial charge in [-0.3, -0.25) is 5.32 Å². The zero-order valence-corrected chi connectivity index (χ0v) is 21.9. The van der Waals surface area contributed by atoms with E-state index in [1.54, 1.807) is 6.07 Å². The summed E-state index contributed by atoms with van der Waals surface area (Å²) in [7, 11) is 1.40. The van der Waals surface area contributed by atoms with Gasteiger partial charge in [0.2, 0.25) is 6.79 Å². The highest BCUT2D eigenvalue weighted by Crippen LogP contribution is 2.44. The number of carbonyl (C=O) groups excluding carboxylic acids is 1. The minimum absolute atomic E-state index is 0.00361. The van der Waals surface area contributed by atoms with Crippen LogP contribution in [-0.2, 0) is 11.3 Å². The van der Waals surface area contributed by atoms with E-state index in [4.69, 9.17) is 14.2 Å². The molecule has 0 radical (unpaired) electrons. The first-order chi connectivity index (χ1) is 18.0. The smallest absolute Gasteiger partial charge is 0.338 e. The number of aromatic amines is 1. The van der Waals surface area contributed by atoms with Crippen molar-refractivity contribution in [1.82, 2.24) is 15.6 Å². The third-order valence-electron chi connectivity index (χ3n) is 7.12. The van der Waals surface area contributed by atoms with Crippen molar-refractivity contribution in [2.24, 2.45) is 0 Å². The molecule has 190 valence electrons. The number of benzene rings is 3. The zero-order chi connectivity index (χ0) is 25.5. The Kier molecular flexibility index (Phi) is 6.54. The number of nitrogens with one attached hydrogen (secondary N) is 3. The molecule has 2 atom stereocenters. The van der Waals surface area contributed by atoms with E-state index < -0.39 is 0 Å². The van der Waals surface area contributed by atoms with Gasteiger partial charge in [-0.25, -0.2) is 4.79 Å². The highest BCUT2D eigenvalue weighted by atomic mass is 32.2. The Labute approximate surface area is 225 Å². The highest BCUT2D eigenvalue weighted by molar-refractivity contribution is 7.99. The second kappa shape index (κ2) is 9.98. The van der Waals surface area contributed by atoms with E-state index in [1.165, 1.54) is 18.1 Å². The summed E-state index contributed by atoms with van der Waals surface area (Å²) in [4.78, 5) is 16.4. The molecule has 0 amide bonds. The Hall–Kier alpha value is -3.11. The third kappa shape index (κ3) is 4.35. The predicted octanol–water partition coefficient (Wildman–Crippen LogP) is 4.74. The number of thiol groups is 2. The second-order valence-corrected chi connectivity index (χ2v) is 10.6. The lowest BCUT2D eigenvalue weighted by Gasteiger charge is -2.33. The van der Waals surface area contributed by atoms with Gasteiger partial charge in [0.1, 0.15) is 0 Å². The molecule has 0 spiro atoms. The lowest BCUT2D eigenvalue weighted by atomic mass is 9.80. The fourth-order valence-corrected chi connectivity index (χ4v) is 5.68.